The first-order valence-electron chi connectivity index (χ1n) is 7.18. The molecule has 1 atom stereocenters. The highest BCUT2D eigenvalue weighted by molar-refractivity contribution is 4.78. The van der Waals surface area contributed by atoms with E-state index in [2.05, 4.69) is 31.1 Å². The van der Waals surface area contributed by atoms with Crippen molar-refractivity contribution in [2.75, 3.05) is 20.1 Å². The number of unbranched alkanes of at least 4 members (excludes halogenated alkanes) is 1. The monoisotopic (exact) mass is 226 g/mol. The summed E-state index contributed by atoms with van der Waals surface area (Å²) in [6.45, 7) is 6.93. The third kappa shape index (κ3) is 4.84. The van der Waals surface area contributed by atoms with Crippen molar-refractivity contribution in [2.24, 2.45) is 0 Å². The van der Waals surface area contributed by atoms with Gasteiger partial charge in [-0.1, -0.05) is 32.6 Å². The van der Waals surface area contributed by atoms with Gasteiger partial charge in [0.2, 0.25) is 0 Å². The van der Waals surface area contributed by atoms with E-state index in [0.29, 0.717) is 6.04 Å². The minimum Gasteiger partial charge on any atom is -0.315 e. The minimum atomic E-state index is 0.681. The van der Waals surface area contributed by atoms with Gasteiger partial charge >= 0.3 is 0 Å². The van der Waals surface area contributed by atoms with Crippen LogP contribution < -0.4 is 5.32 Å². The lowest BCUT2D eigenvalue weighted by Crippen LogP contribution is -2.44. The van der Waals surface area contributed by atoms with Gasteiger partial charge in [0.1, 0.15) is 0 Å². The molecule has 0 aliphatic heterocycles. The SMILES string of the molecule is CCCCNCC(C)N(C)C1CCCCC1. The van der Waals surface area contributed by atoms with Crippen LogP contribution in [-0.2, 0) is 0 Å². The van der Waals surface area contributed by atoms with Crippen LogP contribution in [0.1, 0.15) is 58.8 Å². The summed E-state index contributed by atoms with van der Waals surface area (Å²) in [6.07, 6.45) is 9.74. The van der Waals surface area contributed by atoms with Gasteiger partial charge in [0.25, 0.3) is 0 Å². The molecule has 1 rings (SSSR count). The van der Waals surface area contributed by atoms with Gasteiger partial charge in [-0.3, -0.25) is 4.90 Å². The van der Waals surface area contributed by atoms with E-state index >= 15 is 0 Å². The first kappa shape index (κ1) is 14.0. The third-order valence-electron chi connectivity index (χ3n) is 3.99. The Labute approximate surface area is 102 Å². The van der Waals surface area contributed by atoms with Crippen molar-refractivity contribution in [1.82, 2.24) is 10.2 Å². The number of likely N-dealkylation sites (N-methyl/N-ethyl adjacent to an activating group) is 1. The molecule has 0 saturated heterocycles. The molecule has 1 fully saturated rings. The zero-order valence-electron chi connectivity index (χ0n) is 11.5. The zero-order chi connectivity index (χ0) is 11.8. The van der Waals surface area contributed by atoms with Crippen molar-refractivity contribution in [1.29, 1.82) is 0 Å². The Balaban J connectivity index is 2.15. The number of hydrogen-bond acceptors (Lipinski definition) is 2. The summed E-state index contributed by atoms with van der Waals surface area (Å²) in [5.74, 6) is 0. The van der Waals surface area contributed by atoms with E-state index < -0.39 is 0 Å². The predicted molar refractivity (Wildman–Crippen MR) is 71.9 cm³/mol. The first-order valence-corrected chi connectivity index (χ1v) is 7.18. The fourth-order valence-corrected chi connectivity index (χ4v) is 2.60. The van der Waals surface area contributed by atoms with Gasteiger partial charge in [0, 0.05) is 18.6 Å². The van der Waals surface area contributed by atoms with E-state index in [1.54, 1.807) is 0 Å². The normalized spacial score (nSPS) is 20.2. The fraction of sp³-hybridized carbons (Fsp3) is 1.00. The molecule has 0 radical (unpaired) electrons. The lowest BCUT2D eigenvalue weighted by molar-refractivity contribution is 0.144. The van der Waals surface area contributed by atoms with Gasteiger partial charge in [-0.25, -0.2) is 0 Å². The van der Waals surface area contributed by atoms with Gasteiger partial charge in [0.15, 0.2) is 0 Å². The lowest BCUT2D eigenvalue weighted by atomic mass is 9.94. The molecule has 0 aromatic rings. The summed E-state index contributed by atoms with van der Waals surface area (Å²) in [6, 6.07) is 1.52. The van der Waals surface area contributed by atoms with Crippen LogP contribution in [-0.4, -0.2) is 37.1 Å². The lowest BCUT2D eigenvalue weighted by Gasteiger charge is -2.35. The summed E-state index contributed by atoms with van der Waals surface area (Å²) in [5.41, 5.74) is 0. The van der Waals surface area contributed by atoms with Gasteiger partial charge < -0.3 is 5.32 Å². The number of rotatable bonds is 7. The van der Waals surface area contributed by atoms with Crippen LogP contribution >= 0.6 is 0 Å². The maximum Gasteiger partial charge on any atom is 0.0192 e. The summed E-state index contributed by atoms with van der Waals surface area (Å²) in [7, 11) is 2.31. The van der Waals surface area contributed by atoms with Gasteiger partial charge in [0.05, 0.1) is 0 Å². The highest BCUT2D eigenvalue weighted by Crippen LogP contribution is 2.22. The Kier molecular flexibility index (Phi) is 7.06. The van der Waals surface area contributed by atoms with Crippen molar-refractivity contribution in [3.8, 4) is 0 Å². The van der Waals surface area contributed by atoms with Crippen LogP contribution in [0, 0.1) is 0 Å². The Morgan fingerprint density at radius 1 is 1.25 bits per heavy atom. The summed E-state index contributed by atoms with van der Waals surface area (Å²) in [5, 5.41) is 3.56. The molecule has 0 heterocycles. The molecule has 1 aliphatic rings. The summed E-state index contributed by atoms with van der Waals surface area (Å²) >= 11 is 0. The van der Waals surface area contributed by atoms with Crippen LogP contribution in [0.4, 0.5) is 0 Å². The van der Waals surface area contributed by atoms with E-state index in [1.807, 2.05) is 0 Å². The van der Waals surface area contributed by atoms with E-state index in [-0.39, 0.29) is 0 Å². The molecule has 0 aromatic heterocycles. The topological polar surface area (TPSA) is 15.3 Å². The maximum absolute atomic E-state index is 3.56. The molecule has 1 aliphatic carbocycles. The number of hydrogen-bond donors (Lipinski definition) is 1. The Bertz CT molecular complexity index is 164. The van der Waals surface area contributed by atoms with Crippen LogP contribution in [0.25, 0.3) is 0 Å². The second kappa shape index (κ2) is 8.08. The predicted octanol–water partition coefficient (Wildman–Crippen LogP) is 3.03. The average Bonchev–Trinajstić information content (AvgIpc) is 2.34. The summed E-state index contributed by atoms with van der Waals surface area (Å²) < 4.78 is 0. The molecule has 16 heavy (non-hydrogen) atoms. The molecule has 0 amide bonds. The molecule has 2 heteroatoms. The molecular weight excluding hydrogens is 196 g/mol. The van der Waals surface area contributed by atoms with Crippen molar-refractivity contribution in [3.63, 3.8) is 0 Å². The van der Waals surface area contributed by atoms with Crippen molar-refractivity contribution < 1.29 is 0 Å². The standard InChI is InChI=1S/C14H30N2/c1-4-5-11-15-12-13(2)16(3)14-9-7-6-8-10-14/h13-15H,4-12H2,1-3H3. The molecule has 1 saturated carbocycles. The van der Waals surface area contributed by atoms with Crippen molar-refractivity contribution >= 4 is 0 Å². The average molecular weight is 226 g/mol. The van der Waals surface area contributed by atoms with Crippen molar-refractivity contribution in [3.05, 3.63) is 0 Å². The largest absolute Gasteiger partial charge is 0.315 e. The second-order valence-corrected chi connectivity index (χ2v) is 5.36. The van der Waals surface area contributed by atoms with E-state index in [0.717, 1.165) is 12.6 Å². The van der Waals surface area contributed by atoms with E-state index in [1.165, 1.54) is 51.5 Å². The molecule has 96 valence electrons. The smallest absolute Gasteiger partial charge is 0.0192 e. The molecule has 0 spiro atoms. The van der Waals surface area contributed by atoms with Gasteiger partial charge in [-0.05, 0) is 39.8 Å². The molecular formula is C14H30N2. The van der Waals surface area contributed by atoms with Gasteiger partial charge in [-0.2, -0.15) is 0 Å². The number of nitrogens with one attached hydrogen (secondary N) is 1. The Hall–Kier alpha value is -0.0800. The molecule has 1 unspecified atom stereocenters. The Morgan fingerprint density at radius 2 is 1.94 bits per heavy atom. The minimum absolute atomic E-state index is 0.681. The third-order valence-corrected chi connectivity index (χ3v) is 3.99. The molecule has 0 bridgehead atoms. The first-order chi connectivity index (χ1) is 7.75. The Morgan fingerprint density at radius 3 is 2.56 bits per heavy atom. The van der Waals surface area contributed by atoms with Crippen LogP contribution in [0.15, 0.2) is 0 Å². The highest BCUT2D eigenvalue weighted by atomic mass is 15.2. The maximum atomic E-state index is 3.56. The van der Waals surface area contributed by atoms with Crippen LogP contribution in [0.3, 0.4) is 0 Å². The molecule has 2 nitrogen and oxygen atoms in total. The fourth-order valence-electron chi connectivity index (χ4n) is 2.60. The molecule has 1 N–H and O–H groups in total. The van der Waals surface area contributed by atoms with Crippen molar-refractivity contribution in [2.45, 2.75) is 70.9 Å². The van der Waals surface area contributed by atoms with Crippen LogP contribution in [0.2, 0.25) is 0 Å². The van der Waals surface area contributed by atoms with E-state index in [4.69, 9.17) is 0 Å². The number of nitrogens with zero attached hydrogens (tertiary/aromatic N) is 1. The quantitative estimate of drug-likeness (QED) is 0.671. The van der Waals surface area contributed by atoms with E-state index in [9.17, 15) is 0 Å². The zero-order valence-corrected chi connectivity index (χ0v) is 11.5. The second-order valence-electron chi connectivity index (χ2n) is 5.36. The van der Waals surface area contributed by atoms with Crippen LogP contribution in [0.5, 0.6) is 0 Å². The summed E-state index contributed by atoms with van der Waals surface area (Å²) in [4.78, 5) is 2.60. The van der Waals surface area contributed by atoms with Gasteiger partial charge in [-0.15, -0.1) is 0 Å². The highest BCUT2D eigenvalue weighted by Gasteiger charge is 2.21. The molecule has 0 aromatic carbocycles.